The van der Waals surface area contributed by atoms with E-state index in [0.717, 1.165) is 0 Å². The van der Waals surface area contributed by atoms with Crippen molar-refractivity contribution in [2.45, 2.75) is 34.6 Å². The van der Waals surface area contributed by atoms with Crippen LogP contribution in [0.5, 0.6) is 0 Å². The van der Waals surface area contributed by atoms with Gasteiger partial charge in [0.2, 0.25) is 0 Å². The summed E-state index contributed by atoms with van der Waals surface area (Å²) in [6.45, 7) is 11.0. The van der Waals surface area contributed by atoms with E-state index in [9.17, 15) is 4.57 Å². The van der Waals surface area contributed by atoms with Crippen LogP contribution >= 0.6 is 7.60 Å². The van der Waals surface area contributed by atoms with Crippen LogP contribution in [0.3, 0.4) is 0 Å². The van der Waals surface area contributed by atoms with Gasteiger partial charge >= 0.3 is 7.60 Å². The van der Waals surface area contributed by atoms with Crippen LogP contribution in [0.25, 0.3) is 0 Å². The lowest BCUT2D eigenvalue weighted by Crippen LogP contribution is -2.07. The second-order valence-electron chi connectivity index (χ2n) is 4.74. The minimum Gasteiger partial charge on any atom is -0.308 e. The first-order valence-corrected chi connectivity index (χ1v) is 7.61. The van der Waals surface area contributed by atoms with Gasteiger partial charge in [-0.1, -0.05) is 39.8 Å². The quantitative estimate of drug-likeness (QED) is 0.479. The van der Waals surface area contributed by atoms with Gasteiger partial charge in [0, 0.05) is 0 Å². The zero-order chi connectivity index (χ0) is 12.6. The molecule has 0 bridgehead atoms. The number of allylic oxidation sites excluding steroid dienone is 2. The van der Waals surface area contributed by atoms with Crippen molar-refractivity contribution in [3.63, 3.8) is 0 Å². The van der Waals surface area contributed by atoms with Gasteiger partial charge in [-0.3, -0.25) is 4.57 Å². The molecule has 0 saturated heterocycles. The molecule has 0 aliphatic heterocycles. The van der Waals surface area contributed by atoms with Gasteiger partial charge in [0.25, 0.3) is 0 Å². The molecule has 0 aliphatic carbocycles. The van der Waals surface area contributed by atoms with Crippen LogP contribution in [0.4, 0.5) is 0 Å². The molecule has 0 radical (unpaired) electrons. The average molecular weight is 248 g/mol. The number of hydrogen-bond acceptors (Lipinski definition) is 3. The van der Waals surface area contributed by atoms with Crippen LogP contribution in [-0.2, 0) is 13.6 Å². The van der Waals surface area contributed by atoms with Crippen LogP contribution in [0.1, 0.15) is 34.6 Å². The summed E-state index contributed by atoms with van der Waals surface area (Å²) < 4.78 is 23.1. The Morgan fingerprint density at radius 3 is 1.81 bits per heavy atom. The van der Waals surface area contributed by atoms with Gasteiger partial charge in [-0.25, -0.2) is 0 Å². The minimum absolute atomic E-state index is 0.363. The summed E-state index contributed by atoms with van der Waals surface area (Å²) in [5.74, 6) is 0.725. The van der Waals surface area contributed by atoms with Crippen molar-refractivity contribution < 1.29 is 13.6 Å². The SMILES string of the molecule is CC=CCP(=O)(OCC(C)C)OCC(C)C. The van der Waals surface area contributed by atoms with E-state index in [1.54, 1.807) is 0 Å². The Labute approximate surface area is 99.8 Å². The molecule has 0 aromatic heterocycles. The molecule has 0 N–H and O–H groups in total. The summed E-state index contributed by atoms with van der Waals surface area (Å²) in [7, 11) is -2.93. The standard InChI is InChI=1S/C12H25O3P/c1-6-7-8-16(13,14-9-11(2)3)15-10-12(4)5/h6-7,11-12H,8-10H2,1-5H3. The lowest BCUT2D eigenvalue weighted by atomic mass is 10.2. The molecule has 0 aromatic rings. The van der Waals surface area contributed by atoms with Crippen LogP contribution in [-0.4, -0.2) is 19.4 Å². The van der Waals surface area contributed by atoms with Gasteiger partial charge in [0.15, 0.2) is 0 Å². The second-order valence-corrected chi connectivity index (χ2v) is 6.85. The highest BCUT2D eigenvalue weighted by Crippen LogP contribution is 2.48. The Hall–Kier alpha value is -0.110. The van der Waals surface area contributed by atoms with Crippen LogP contribution in [0.15, 0.2) is 12.2 Å². The minimum atomic E-state index is -2.93. The number of hydrogen-bond donors (Lipinski definition) is 0. The molecule has 16 heavy (non-hydrogen) atoms. The molecule has 0 amide bonds. The van der Waals surface area contributed by atoms with E-state index in [2.05, 4.69) is 0 Å². The molecule has 0 spiro atoms. The first-order valence-electron chi connectivity index (χ1n) is 5.89. The van der Waals surface area contributed by atoms with Crippen molar-refractivity contribution in [3.05, 3.63) is 12.2 Å². The molecular formula is C12H25O3P. The lowest BCUT2D eigenvalue weighted by molar-refractivity contribution is 0.175. The second kappa shape index (κ2) is 8.05. The molecule has 3 nitrogen and oxygen atoms in total. The molecule has 0 heterocycles. The van der Waals surface area contributed by atoms with Crippen molar-refractivity contribution in [2.75, 3.05) is 19.4 Å². The first kappa shape index (κ1) is 15.9. The summed E-state index contributed by atoms with van der Waals surface area (Å²) >= 11 is 0. The zero-order valence-electron chi connectivity index (χ0n) is 11.1. The van der Waals surface area contributed by atoms with Crippen molar-refractivity contribution in [1.82, 2.24) is 0 Å². The molecule has 4 heteroatoms. The summed E-state index contributed by atoms with van der Waals surface area (Å²) in [6.07, 6.45) is 4.06. The third kappa shape index (κ3) is 8.09. The summed E-state index contributed by atoms with van der Waals surface area (Å²) in [6, 6.07) is 0. The van der Waals surface area contributed by atoms with Crippen LogP contribution in [0.2, 0.25) is 0 Å². The van der Waals surface area contributed by atoms with Gasteiger partial charge in [-0.2, -0.15) is 0 Å². The van der Waals surface area contributed by atoms with Gasteiger partial charge in [-0.05, 0) is 18.8 Å². The van der Waals surface area contributed by atoms with E-state index in [0.29, 0.717) is 31.2 Å². The largest absolute Gasteiger partial charge is 0.334 e. The maximum Gasteiger partial charge on any atom is 0.334 e. The summed E-state index contributed by atoms with van der Waals surface area (Å²) in [5, 5.41) is 0. The molecule has 0 fully saturated rings. The van der Waals surface area contributed by atoms with Gasteiger partial charge in [0.05, 0.1) is 19.4 Å². The fourth-order valence-electron chi connectivity index (χ4n) is 0.902. The molecular weight excluding hydrogens is 223 g/mol. The lowest BCUT2D eigenvalue weighted by Gasteiger charge is -2.19. The highest BCUT2D eigenvalue weighted by atomic mass is 31.2. The Bertz CT molecular complexity index is 231. The fourth-order valence-corrected chi connectivity index (χ4v) is 2.71. The maximum absolute atomic E-state index is 12.3. The predicted molar refractivity (Wildman–Crippen MR) is 68.9 cm³/mol. The molecule has 0 aliphatic rings. The Morgan fingerprint density at radius 1 is 1.06 bits per heavy atom. The summed E-state index contributed by atoms with van der Waals surface area (Å²) in [5.41, 5.74) is 0. The van der Waals surface area contributed by atoms with E-state index < -0.39 is 7.60 Å². The topological polar surface area (TPSA) is 35.5 Å². The van der Waals surface area contributed by atoms with E-state index in [1.165, 1.54) is 0 Å². The van der Waals surface area contributed by atoms with Crippen molar-refractivity contribution >= 4 is 7.60 Å². The third-order valence-corrected chi connectivity index (χ3v) is 3.52. The maximum atomic E-state index is 12.3. The van der Waals surface area contributed by atoms with Crippen molar-refractivity contribution in [1.29, 1.82) is 0 Å². The Morgan fingerprint density at radius 2 is 1.50 bits per heavy atom. The van der Waals surface area contributed by atoms with Crippen LogP contribution in [0, 0.1) is 11.8 Å². The van der Waals surface area contributed by atoms with E-state index in [4.69, 9.17) is 9.05 Å². The highest BCUT2D eigenvalue weighted by Gasteiger charge is 2.23. The van der Waals surface area contributed by atoms with Gasteiger partial charge < -0.3 is 9.05 Å². The Balaban J connectivity index is 4.30. The third-order valence-electron chi connectivity index (χ3n) is 1.77. The summed E-state index contributed by atoms with van der Waals surface area (Å²) in [4.78, 5) is 0. The normalized spacial score (nSPS) is 13.2. The molecule has 0 aromatic carbocycles. The van der Waals surface area contributed by atoms with Crippen molar-refractivity contribution in [2.24, 2.45) is 11.8 Å². The number of rotatable bonds is 8. The van der Waals surface area contributed by atoms with Gasteiger partial charge in [0.1, 0.15) is 0 Å². The molecule has 0 atom stereocenters. The molecule has 0 rings (SSSR count). The molecule has 96 valence electrons. The fraction of sp³-hybridized carbons (Fsp3) is 0.833. The highest BCUT2D eigenvalue weighted by molar-refractivity contribution is 7.54. The predicted octanol–water partition coefficient (Wildman–Crippen LogP) is 4.10. The smallest absolute Gasteiger partial charge is 0.308 e. The van der Waals surface area contributed by atoms with E-state index in [-0.39, 0.29) is 0 Å². The molecule has 0 saturated carbocycles. The Kier molecular flexibility index (Phi) is 8.00. The monoisotopic (exact) mass is 248 g/mol. The van der Waals surface area contributed by atoms with E-state index >= 15 is 0 Å². The van der Waals surface area contributed by atoms with Crippen molar-refractivity contribution in [3.8, 4) is 0 Å². The van der Waals surface area contributed by atoms with Crippen LogP contribution < -0.4 is 0 Å². The van der Waals surface area contributed by atoms with E-state index in [1.807, 2.05) is 46.8 Å². The van der Waals surface area contributed by atoms with Gasteiger partial charge in [-0.15, -0.1) is 0 Å². The zero-order valence-corrected chi connectivity index (χ0v) is 12.0. The first-order chi connectivity index (χ1) is 7.39. The average Bonchev–Trinajstić information content (AvgIpc) is 2.21. The molecule has 0 unspecified atom stereocenters.